The highest BCUT2D eigenvalue weighted by molar-refractivity contribution is 6.32. The molecule has 0 spiro atoms. The third-order valence-corrected chi connectivity index (χ3v) is 10.8. The summed E-state index contributed by atoms with van der Waals surface area (Å²) >= 11 is 7.24. The lowest BCUT2D eigenvalue weighted by atomic mass is 9.76. The van der Waals surface area contributed by atoms with Crippen LogP contribution in [0.25, 0.3) is 0 Å². The van der Waals surface area contributed by atoms with E-state index in [9.17, 15) is 0 Å². The molecule has 8 heteroatoms. The zero-order valence-corrected chi connectivity index (χ0v) is 30.3. The van der Waals surface area contributed by atoms with Crippen molar-refractivity contribution in [2.45, 2.75) is 63.5 Å². The minimum absolute atomic E-state index is 0.218. The first kappa shape index (κ1) is 35.1. The zero-order valence-electron chi connectivity index (χ0n) is 29.5. The van der Waals surface area contributed by atoms with E-state index in [1.54, 1.807) is 35.5 Å². The number of hydrogen-bond donors (Lipinski definition) is 0. The third kappa shape index (κ3) is 6.12. The normalized spacial score (nSPS) is 23.3. The van der Waals surface area contributed by atoms with Crippen molar-refractivity contribution in [3.8, 4) is 11.5 Å². The summed E-state index contributed by atoms with van der Waals surface area (Å²) in [5, 5.41) is 0.812. The van der Waals surface area contributed by atoms with Crippen molar-refractivity contribution < 1.29 is 23.7 Å². The Balaban J connectivity index is 1.52. The van der Waals surface area contributed by atoms with Crippen LogP contribution >= 0.6 is 11.6 Å². The second kappa shape index (κ2) is 14.1. The molecule has 0 saturated heterocycles. The van der Waals surface area contributed by atoms with Gasteiger partial charge in [0, 0.05) is 67.4 Å². The van der Waals surface area contributed by atoms with Crippen LogP contribution in [0.2, 0.25) is 0 Å². The first-order valence-corrected chi connectivity index (χ1v) is 16.8. The maximum atomic E-state index is 7.24. The van der Waals surface area contributed by atoms with E-state index in [1.165, 1.54) is 22.5 Å². The molecule has 1 aliphatic carbocycles. The molecule has 2 heterocycles. The summed E-state index contributed by atoms with van der Waals surface area (Å²) in [6.07, 6.45) is 11.7. The van der Waals surface area contributed by atoms with Gasteiger partial charge in [-0.1, -0.05) is 51.4 Å². The summed E-state index contributed by atoms with van der Waals surface area (Å²) in [5.74, 6) is 1.69. The Bertz CT molecular complexity index is 1590. The van der Waals surface area contributed by atoms with Crippen molar-refractivity contribution in [3.05, 3.63) is 93.7 Å². The molecule has 0 amide bonds. The molecule has 0 N–H and O–H groups in total. The fraction of sp³-hybridized carbons (Fsp3) is 0.487. The van der Waals surface area contributed by atoms with Gasteiger partial charge in [0.15, 0.2) is 5.72 Å². The number of benzene rings is 2. The van der Waals surface area contributed by atoms with Gasteiger partial charge in [0.05, 0.1) is 27.4 Å². The van der Waals surface area contributed by atoms with E-state index in [1.807, 2.05) is 12.1 Å². The van der Waals surface area contributed by atoms with Gasteiger partial charge in [-0.3, -0.25) is 0 Å². The lowest BCUT2D eigenvalue weighted by molar-refractivity contribution is -0.0189. The van der Waals surface area contributed by atoms with Gasteiger partial charge in [-0.05, 0) is 90.1 Å². The molecule has 5 rings (SSSR count). The number of nitrogens with zero attached hydrogens (tertiary/aromatic N) is 2. The van der Waals surface area contributed by atoms with E-state index in [0.717, 1.165) is 59.2 Å². The maximum absolute atomic E-state index is 7.24. The summed E-state index contributed by atoms with van der Waals surface area (Å²) in [6, 6.07) is 12.6. The van der Waals surface area contributed by atoms with Crippen LogP contribution in [0.4, 0.5) is 11.4 Å². The van der Waals surface area contributed by atoms with Crippen LogP contribution < -0.4 is 19.3 Å². The predicted molar refractivity (Wildman–Crippen MR) is 192 cm³/mol. The van der Waals surface area contributed by atoms with Crippen LogP contribution in [-0.2, 0) is 25.0 Å². The van der Waals surface area contributed by atoms with Gasteiger partial charge in [0.1, 0.15) is 11.5 Å². The number of fused-ring (bicyclic) bond motifs is 2. The van der Waals surface area contributed by atoms with Crippen molar-refractivity contribution in [3.63, 3.8) is 0 Å². The van der Waals surface area contributed by atoms with Crippen molar-refractivity contribution in [1.82, 2.24) is 0 Å². The molecule has 7 nitrogen and oxygen atoms in total. The fourth-order valence-electron chi connectivity index (χ4n) is 7.59. The van der Waals surface area contributed by atoms with Gasteiger partial charge in [-0.25, -0.2) is 0 Å². The number of halogens is 1. The molecule has 2 aliphatic heterocycles. The van der Waals surface area contributed by atoms with E-state index in [2.05, 4.69) is 86.1 Å². The molecule has 254 valence electrons. The Morgan fingerprint density at radius 1 is 0.787 bits per heavy atom. The first-order valence-electron chi connectivity index (χ1n) is 16.5. The van der Waals surface area contributed by atoms with Gasteiger partial charge >= 0.3 is 0 Å². The van der Waals surface area contributed by atoms with E-state index >= 15 is 0 Å². The topological polar surface area (TPSA) is 52.6 Å². The van der Waals surface area contributed by atoms with Crippen LogP contribution in [0.15, 0.2) is 82.6 Å². The molecule has 47 heavy (non-hydrogen) atoms. The SMILES string of the molecule is COCCN1C(=CC=C2CCCC(C=CC3(OC)N(CCOC)c4ccc(OC)cc4C3(C)C)=C2Cl)C(C)(C)c2cc(OC)ccc21. The van der Waals surface area contributed by atoms with Crippen LogP contribution in [-0.4, -0.2) is 67.6 Å². The van der Waals surface area contributed by atoms with Gasteiger partial charge < -0.3 is 33.5 Å². The average molecular weight is 663 g/mol. The molecular formula is C39H51ClN2O5. The molecule has 0 saturated carbocycles. The number of ether oxygens (including phenoxy) is 5. The number of methoxy groups -OCH3 is 5. The molecule has 2 aromatic rings. The van der Waals surface area contributed by atoms with Gasteiger partial charge in [-0.2, -0.15) is 0 Å². The number of rotatable bonds is 12. The van der Waals surface area contributed by atoms with E-state index < -0.39 is 11.1 Å². The fourth-order valence-corrected chi connectivity index (χ4v) is 7.91. The molecule has 0 fully saturated rings. The quantitative estimate of drug-likeness (QED) is 0.227. The van der Waals surface area contributed by atoms with E-state index in [-0.39, 0.29) is 5.41 Å². The molecule has 0 bridgehead atoms. The minimum Gasteiger partial charge on any atom is -0.497 e. The maximum Gasteiger partial charge on any atom is 0.169 e. The van der Waals surface area contributed by atoms with E-state index in [0.29, 0.717) is 19.8 Å². The third-order valence-electron chi connectivity index (χ3n) is 10.3. The lowest BCUT2D eigenvalue weighted by Gasteiger charge is -2.44. The van der Waals surface area contributed by atoms with Crippen LogP contribution in [0.5, 0.6) is 11.5 Å². The van der Waals surface area contributed by atoms with Gasteiger partial charge in [0.25, 0.3) is 0 Å². The summed E-state index contributed by atoms with van der Waals surface area (Å²) in [5.41, 5.74) is 6.83. The first-order chi connectivity index (χ1) is 22.5. The largest absolute Gasteiger partial charge is 0.497 e. The number of allylic oxidation sites excluding steroid dienone is 7. The average Bonchev–Trinajstić information content (AvgIpc) is 3.40. The summed E-state index contributed by atoms with van der Waals surface area (Å²) < 4.78 is 28.7. The second-order valence-corrected chi connectivity index (χ2v) is 13.9. The van der Waals surface area contributed by atoms with Crippen molar-refractivity contribution in [1.29, 1.82) is 0 Å². The molecule has 0 radical (unpaired) electrons. The molecule has 2 aromatic carbocycles. The monoisotopic (exact) mass is 662 g/mol. The van der Waals surface area contributed by atoms with Gasteiger partial charge in [0.2, 0.25) is 0 Å². The Hall–Kier alpha value is -3.23. The highest BCUT2D eigenvalue weighted by atomic mass is 35.5. The van der Waals surface area contributed by atoms with E-state index in [4.69, 9.17) is 35.3 Å². The molecule has 1 atom stereocenters. The highest BCUT2D eigenvalue weighted by Crippen LogP contribution is 2.54. The summed E-state index contributed by atoms with van der Waals surface area (Å²) in [6.45, 7) is 11.6. The summed E-state index contributed by atoms with van der Waals surface area (Å²) in [7, 11) is 8.68. The lowest BCUT2D eigenvalue weighted by Crippen LogP contribution is -2.56. The molecule has 1 unspecified atom stereocenters. The zero-order chi connectivity index (χ0) is 34.0. The van der Waals surface area contributed by atoms with Crippen molar-refractivity contribution >= 4 is 23.0 Å². The minimum atomic E-state index is -0.754. The van der Waals surface area contributed by atoms with Crippen LogP contribution in [0, 0.1) is 0 Å². The van der Waals surface area contributed by atoms with Crippen LogP contribution in [0.1, 0.15) is 58.1 Å². The molecule has 3 aliphatic rings. The number of hydrogen-bond acceptors (Lipinski definition) is 7. The standard InChI is InChI=1S/C39H51ClN2O5/c1-37(2)31-25-29(45-7)14-16-33(31)41(21-23-43-5)35(37)18-13-27-11-10-12-28(36(27)40)19-20-39(47-9)38(3,4)32-26-30(46-8)15-17-34(32)42(39)22-24-44-6/h13-20,25-26H,10-12,21-24H2,1-9H3. The molecule has 0 aromatic heterocycles. The van der Waals surface area contributed by atoms with Crippen molar-refractivity contribution in [2.75, 3.05) is 71.7 Å². The van der Waals surface area contributed by atoms with Crippen LogP contribution in [0.3, 0.4) is 0 Å². The van der Waals surface area contributed by atoms with Crippen molar-refractivity contribution in [2.24, 2.45) is 0 Å². The Morgan fingerprint density at radius 2 is 1.43 bits per heavy atom. The smallest absolute Gasteiger partial charge is 0.169 e. The Morgan fingerprint density at radius 3 is 2.06 bits per heavy atom. The highest BCUT2D eigenvalue weighted by Gasteiger charge is 2.56. The summed E-state index contributed by atoms with van der Waals surface area (Å²) in [4.78, 5) is 4.67. The van der Waals surface area contributed by atoms with Gasteiger partial charge in [-0.15, -0.1) is 0 Å². The second-order valence-electron chi connectivity index (χ2n) is 13.5. The Labute approximate surface area is 286 Å². The number of anilines is 2. The predicted octanol–water partition coefficient (Wildman–Crippen LogP) is 8.28. The molecular weight excluding hydrogens is 612 g/mol. The Kier molecular flexibility index (Phi) is 10.5.